The standard InChI is InChI=1S/C18H28N2O.ClH/c1-15-7-8-17(13-15)14-18(21)20(12-10-19)11-9-16-5-3-2-4-6-16;/h2-6,15,17H,7-14,19H2,1H3;1H. The molecule has 1 fully saturated rings. The number of hydrogen-bond donors (Lipinski definition) is 1. The molecule has 0 saturated heterocycles. The van der Waals surface area contributed by atoms with Crippen molar-refractivity contribution in [3.8, 4) is 0 Å². The summed E-state index contributed by atoms with van der Waals surface area (Å²) in [6, 6.07) is 10.3. The van der Waals surface area contributed by atoms with Crippen LogP contribution in [0.4, 0.5) is 0 Å². The maximum Gasteiger partial charge on any atom is 0.222 e. The maximum absolute atomic E-state index is 12.5. The molecule has 0 bridgehead atoms. The Morgan fingerprint density at radius 3 is 2.55 bits per heavy atom. The highest BCUT2D eigenvalue weighted by Gasteiger charge is 2.25. The molecule has 2 N–H and O–H groups in total. The van der Waals surface area contributed by atoms with Crippen LogP contribution in [0, 0.1) is 11.8 Å². The average molecular weight is 325 g/mol. The van der Waals surface area contributed by atoms with Crippen LogP contribution in [0.3, 0.4) is 0 Å². The van der Waals surface area contributed by atoms with Crippen LogP contribution in [0.25, 0.3) is 0 Å². The smallest absolute Gasteiger partial charge is 0.222 e. The first-order chi connectivity index (χ1) is 10.2. The molecule has 2 atom stereocenters. The molecule has 0 aromatic heterocycles. The van der Waals surface area contributed by atoms with Gasteiger partial charge in [0.25, 0.3) is 0 Å². The van der Waals surface area contributed by atoms with Gasteiger partial charge in [-0.15, -0.1) is 12.4 Å². The maximum atomic E-state index is 12.5. The number of carbonyl (C=O) groups is 1. The van der Waals surface area contributed by atoms with Gasteiger partial charge in [-0.1, -0.05) is 43.7 Å². The first kappa shape index (κ1) is 19.0. The number of amides is 1. The summed E-state index contributed by atoms with van der Waals surface area (Å²) in [5.74, 6) is 1.66. The molecule has 2 unspecified atom stereocenters. The monoisotopic (exact) mass is 324 g/mol. The number of hydrogen-bond acceptors (Lipinski definition) is 2. The normalized spacial score (nSPS) is 20.5. The number of nitrogens with two attached hydrogens (primary N) is 1. The molecule has 3 nitrogen and oxygen atoms in total. The van der Waals surface area contributed by atoms with Crippen molar-refractivity contribution in [1.82, 2.24) is 4.90 Å². The van der Waals surface area contributed by atoms with E-state index in [9.17, 15) is 4.79 Å². The Morgan fingerprint density at radius 2 is 1.95 bits per heavy atom. The van der Waals surface area contributed by atoms with Crippen LogP contribution in [0.1, 0.15) is 38.2 Å². The molecule has 0 aliphatic heterocycles. The van der Waals surface area contributed by atoms with E-state index in [4.69, 9.17) is 5.73 Å². The lowest BCUT2D eigenvalue weighted by Gasteiger charge is -2.23. The minimum absolute atomic E-state index is 0. The summed E-state index contributed by atoms with van der Waals surface area (Å²) in [5.41, 5.74) is 6.95. The van der Waals surface area contributed by atoms with Gasteiger partial charge in [-0.3, -0.25) is 4.79 Å². The zero-order chi connectivity index (χ0) is 15.1. The van der Waals surface area contributed by atoms with Gasteiger partial charge in [-0.25, -0.2) is 0 Å². The van der Waals surface area contributed by atoms with Crippen LogP contribution >= 0.6 is 12.4 Å². The van der Waals surface area contributed by atoms with E-state index in [1.807, 2.05) is 23.1 Å². The first-order valence-electron chi connectivity index (χ1n) is 8.20. The molecule has 0 radical (unpaired) electrons. The molecule has 2 rings (SSSR count). The number of rotatable bonds is 7. The Hall–Kier alpha value is -1.06. The Morgan fingerprint density at radius 1 is 1.23 bits per heavy atom. The van der Waals surface area contributed by atoms with Crippen LogP contribution in [0.15, 0.2) is 30.3 Å². The molecule has 1 aliphatic rings. The summed E-state index contributed by atoms with van der Waals surface area (Å²) < 4.78 is 0. The molecule has 1 aromatic rings. The van der Waals surface area contributed by atoms with Gasteiger partial charge in [0, 0.05) is 26.1 Å². The van der Waals surface area contributed by atoms with Gasteiger partial charge in [0.2, 0.25) is 5.91 Å². The molecule has 22 heavy (non-hydrogen) atoms. The third-order valence-electron chi connectivity index (χ3n) is 4.53. The minimum atomic E-state index is 0. The Balaban J connectivity index is 0.00000242. The van der Waals surface area contributed by atoms with Crippen LogP contribution in [-0.4, -0.2) is 30.4 Å². The van der Waals surface area contributed by atoms with Crippen molar-refractivity contribution in [1.29, 1.82) is 0 Å². The van der Waals surface area contributed by atoms with Crippen molar-refractivity contribution < 1.29 is 4.79 Å². The van der Waals surface area contributed by atoms with Crippen molar-refractivity contribution in [3.05, 3.63) is 35.9 Å². The summed E-state index contributed by atoms with van der Waals surface area (Å²) in [6.07, 6.45) is 5.31. The van der Waals surface area contributed by atoms with Crippen molar-refractivity contribution in [2.24, 2.45) is 17.6 Å². The summed E-state index contributed by atoms with van der Waals surface area (Å²) in [6.45, 7) is 4.29. The molecular formula is C18H29ClN2O. The fraction of sp³-hybridized carbons (Fsp3) is 0.611. The van der Waals surface area contributed by atoms with Gasteiger partial charge in [-0.05, 0) is 36.7 Å². The largest absolute Gasteiger partial charge is 0.341 e. The fourth-order valence-corrected chi connectivity index (χ4v) is 3.31. The summed E-state index contributed by atoms with van der Waals surface area (Å²) >= 11 is 0. The highest BCUT2D eigenvalue weighted by atomic mass is 35.5. The average Bonchev–Trinajstić information content (AvgIpc) is 2.89. The summed E-state index contributed by atoms with van der Waals surface area (Å²) in [4.78, 5) is 14.4. The molecule has 0 spiro atoms. The van der Waals surface area contributed by atoms with Crippen LogP contribution in [0.5, 0.6) is 0 Å². The van der Waals surface area contributed by atoms with Crippen molar-refractivity contribution in [3.63, 3.8) is 0 Å². The van der Waals surface area contributed by atoms with E-state index in [1.54, 1.807) is 0 Å². The van der Waals surface area contributed by atoms with E-state index in [0.717, 1.165) is 18.9 Å². The second-order valence-electron chi connectivity index (χ2n) is 6.39. The molecule has 1 aromatic carbocycles. The van der Waals surface area contributed by atoms with Gasteiger partial charge in [0.15, 0.2) is 0 Å². The van der Waals surface area contributed by atoms with E-state index in [1.165, 1.54) is 24.8 Å². The topological polar surface area (TPSA) is 46.3 Å². The number of carbonyl (C=O) groups excluding carboxylic acids is 1. The van der Waals surface area contributed by atoms with Crippen molar-refractivity contribution in [2.75, 3.05) is 19.6 Å². The molecule has 4 heteroatoms. The van der Waals surface area contributed by atoms with Crippen LogP contribution in [-0.2, 0) is 11.2 Å². The summed E-state index contributed by atoms with van der Waals surface area (Å²) in [7, 11) is 0. The van der Waals surface area contributed by atoms with E-state index < -0.39 is 0 Å². The molecule has 1 aliphatic carbocycles. The number of halogens is 1. The predicted octanol–water partition coefficient (Wildman–Crippen LogP) is 3.26. The highest BCUT2D eigenvalue weighted by Crippen LogP contribution is 2.32. The molecule has 0 heterocycles. The molecule has 1 amide bonds. The molecule has 1 saturated carbocycles. The van der Waals surface area contributed by atoms with Gasteiger partial charge in [0.05, 0.1) is 0 Å². The van der Waals surface area contributed by atoms with Gasteiger partial charge >= 0.3 is 0 Å². The second-order valence-corrected chi connectivity index (χ2v) is 6.39. The van der Waals surface area contributed by atoms with Crippen molar-refractivity contribution >= 4 is 18.3 Å². The van der Waals surface area contributed by atoms with E-state index in [0.29, 0.717) is 25.4 Å². The van der Waals surface area contributed by atoms with Crippen LogP contribution < -0.4 is 5.73 Å². The molecular weight excluding hydrogens is 296 g/mol. The number of nitrogens with zero attached hydrogens (tertiary/aromatic N) is 1. The van der Waals surface area contributed by atoms with Gasteiger partial charge in [-0.2, -0.15) is 0 Å². The third-order valence-corrected chi connectivity index (χ3v) is 4.53. The summed E-state index contributed by atoms with van der Waals surface area (Å²) in [5, 5.41) is 0. The second kappa shape index (κ2) is 9.86. The predicted molar refractivity (Wildman–Crippen MR) is 94.2 cm³/mol. The zero-order valence-corrected chi connectivity index (χ0v) is 14.4. The molecule has 124 valence electrons. The van der Waals surface area contributed by atoms with Gasteiger partial charge in [0.1, 0.15) is 0 Å². The highest BCUT2D eigenvalue weighted by molar-refractivity contribution is 5.85. The third kappa shape index (κ3) is 5.98. The Bertz CT molecular complexity index is 438. The van der Waals surface area contributed by atoms with E-state index >= 15 is 0 Å². The fourth-order valence-electron chi connectivity index (χ4n) is 3.31. The van der Waals surface area contributed by atoms with E-state index in [-0.39, 0.29) is 18.3 Å². The Labute approximate surface area is 140 Å². The SMILES string of the molecule is CC1CCC(CC(=O)N(CCN)CCc2ccccc2)C1.Cl. The zero-order valence-electron chi connectivity index (χ0n) is 13.5. The lowest BCUT2D eigenvalue weighted by molar-refractivity contribution is -0.132. The van der Waals surface area contributed by atoms with Crippen LogP contribution in [0.2, 0.25) is 0 Å². The lowest BCUT2D eigenvalue weighted by Crippen LogP contribution is -2.37. The Kier molecular flexibility index (Phi) is 8.51. The minimum Gasteiger partial charge on any atom is -0.341 e. The lowest BCUT2D eigenvalue weighted by atomic mass is 10.0. The van der Waals surface area contributed by atoms with Gasteiger partial charge < -0.3 is 10.6 Å². The number of benzene rings is 1. The van der Waals surface area contributed by atoms with E-state index in [2.05, 4.69) is 19.1 Å². The quantitative estimate of drug-likeness (QED) is 0.836. The first-order valence-corrected chi connectivity index (χ1v) is 8.20. The van der Waals surface area contributed by atoms with Crippen molar-refractivity contribution in [2.45, 2.75) is 39.0 Å².